The fourth-order valence-corrected chi connectivity index (χ4v) is 5.02. The van der Waals surface area contributed by atoms with Gasteiger partial charge in [0.15, 0.2) is 0 Å². The average Bonchev–Trinajstić information content (AvgIpc) is 3.33. The minimum atomic E-state index is 0.0130. The molecule has 29 heavy (non-hydrogen) atoms. The highest BCUT2D eigenvalue weighted by Gasteiger charge is 2.64. The number of rotatable bonds is 6. The third-order valence-corrected chi connectivity index (χ3v) is 6.72. The lowest BCUT2D eigenvalue weighted by Gasteiger charge is -2.15. The lowest BCUT2D eigenvalue weighted by Crippen LogP contribution is -2.22. The van der Waals surface area contributed by atoms with Crippen LogP contribution in [0.3, 0.4) is 0 Å². The quantitative estimate of drug-likeness (QED) is 0.461. The number of ether oxygens (including phenoxy) is 1. The van der Waals surface area contributed by atoms with Gasteiger partial charge in [0.1, 0.15) is 12.4 Å². The van der Waals surface area contributed by atoms with Gasteiger partial charge < -0.3 is 4.74 Å². The molecule has 3 atom stereocenters. The van der Waals surface area contributed by atoms with Crippen molar-refractivity contribution in [3.05, 3.63) is 63.6 Å². The Bertz CT molecular complexity index is 946. The third kappa shape index (κ3) is 4.44. The van der Waals surface area contributed by atoms with E-state index >= 15 is 0 Å². The van der Waals surface area contributed by atoms with Gasteiger partial charge in [-0.1, -0.05) is 55.1 Å². The van der Waals surface area contributed by atoms with Crippen molar-refractivity contribution in [2.45, 2.75) is 39.2 Å². The fraction of sp³-hybridized carbons (Fsp3) is 0.391. The van der Waals surface area contributed by atoms with E-state index in [-0.39, 0.29) is 17.2 Å². The number of hydrogen-bond acceptors (Lipinski definition) is 3. The van der Waals surface area contributed by atoms with Crippen LogP contribution in [0.25, 0.3) is 0 Å². The second kappa shape index (κ2) is 8.37. The predicted molar refractivity (Wildman–Crippen MR) is 117 cm³/mol. The van der Waals surface area contributed by atoms with Gasteiger partial charge in [0.2, 0.25) is 5.91 Å². The summed E-state index contributed by atoms with van der Waals surface area (Å²) in [6.07, 6.45) is 6.31. The van der Waals surface area contributed by atoms with Crippen molar-refractivity contribution < 1.29 is 9.53 Å². The maximum absolute atomic E-state index is 12.6. The van der Waals surface area contributed by atoms with Crippen molar-refractivity contribution in [2.24, 2.45) is 22.4 Å². The molecule has 2 aromatic carbocycles. The van der Waals surface area contributed by atoms with Crippen molar-refractivity contribution in [3.8, 4) is 5.75 Å². The molecule has 0 heterocycles. The molecule has 0 saturated heterocycles. The number of hydrazone groups is 1. The van der Waals surface area contributed by atoms with Gasteiger partial charge in [0.05, 0.1) is 6.21 Å². The van der Waals surface area contributed by atoms with E-state index in [1.807, 2.05) is 24.3 Å². The van der Waals surface area contributed by atoms with Gasteiger partial charge in [-0.25, -0.2) is 5.43 Å². The summed E-state index contributed by atoms with van der Waals surface area (Å²) in [4.78, 5) is 12.6. The smallest absolute Gasteiger partial charge is 0.244 e. The van der Waals surface area contributed by atoms with E-state index in [1.165, 1.54) is 12.8 Å². The summed E-state index contributed by atoms with van der Waals surface area (Å²) in [6.45, 7) is 2.60. The van der Waals surface area contributed by atoms with Gasteiger partial charge in [-0.2, -0.15) is 5.10 Å². The van der Waals surface area contributed by atoms with Gasteiger partial charge >= 0.3 is 0 Å². The van der Waals surface area contributed by atoms with E-state index < -0.39 is 0 Å². The fourth-order valence-electron chi connectivity index (χ4n) is 4.62. The van der Waals surface area contributed by atoms with Crippen LogP contribution >= 0.6 is 23.2 Å². The van der Waals surface area contributed by atoms with Gasteiger partial charge in [0.25, 0.3) is 0 Å². The minimum absolute atomic E-state index is 0.0130. The number of fused-ring (bicyclic) bond motifs is 1. The SMILES string of the molecule is C[C@]12CCCC[C@@H]1[C@H]2C(=O)N/N=C\c1cc(Cl)ccc1OCc1cccc(Cl)c1. The Kier molecular flexibility index (Phi) is 5.84. The van der Waals surface area contributed by atoms with Gasteiger partial charge in [0, 0.05) is 21.5 Å². The molecule has 0 aliphatic heterocycles. The number of amides is 1. The molecule has 4 rings (SSSR count). The number of carbonyl (C=O) groups excluding carboxylic acids is 1. The Morgan fingerprint density at radius 2 is 2.07 bits per heavy atom. The molecule has 2 aliphatic carbocycles. The van der Waals surface area contributed by atoms with Crippen LogP contribution in [0.2, 0.25) is 10.0 Å². The number of halogens is 2. The maximum atomic E-state index is 12.6. The van der Waals surface area contributed by atoms with Crippen LogP contribution in [-0.4, -0.2) is 12.1 Å². The highest BCUT2D eigenvalue weighted by Crippen LogP contribution is 2.66. The molecule has 0 aromatic heterocycles. The number of nitrogens with one attached hydrogen (secondary N) is 1. The Balaban J connectivity index is 1.40. The van der Waals surface area contributed by atoms with Gasteiger partial charge in [-0.15, -0.1) is 0 Å². The Morgan fingerprint density at radius 1 is 1.24 bits per heavy atom. The van der Waals surface area contributed by atoms with Gasteiger partial charge in [-0.3, -0.25) is 4.79 Å². The minimum Gasteiger partial charge on any atom is -0.488 e. The molecule has 1 N–H and O–H groups in total. The summed E-state index contributed by atoms with van der Waals surface area (Å²) in [6, 6.07) is 12.9. The summed E-state index contributed by atoms with van der Waals surface area (Å²) < 4.78 is 5.92. The average molecular weight is 431 g/mol. The van der Waals surface area contributed by atoms with E-state index in [4.69, 9.17) is 27.9 Å². The Hall–Kier alpha value is -2.04. The van der Waals surface area contributed by atoms with E-state index in [0.29, 0.717) is 33.9 Å². The summed E-state index contributed by atoms with van der Waals surface area (Å²) >= 11 is 12.2. The lowest BCUT2D eigenvalue weighted by atomic mass is 9.90. The summed E-state index contributed by atoms with van der Waals surface area (Å²) in [7, 11) is 0. The molecular weight excluding hydrogens is 407 g/mol. The Morgan fingerprint density at radius 3 is 2.83 bits per heavy atom. The molecule has 0 unspecified atom stereocenters. The standard InChI is InChI=1S/C23H24Cl2N2O2/c1-23-10-3-2-7-19(23)21(23)22(28)27-26-13-16-12-18(25)8-9-20(16)29-14-15-5-4-6-17(24)11-15/h4-6,8-9,11-13,19,21H,2-3,7,10,14H2,1H3,(H,27,28)/b26-13-/t19-,21+,23+/m1/s1. The van der Waals surface area contributed by atoms with Crippen LogP contribution < -0.4 is 10.2 Å². The largest absolute Gasteiger partial charge is 0.488 e. The molecule has 2 saturated carbocycles. The molecule has 0 radical (unpaired) electrons. The van der Waals surface area contributed by atoms with Crippen LogP contribution in [0.5, 0.6) is 5.75 Å². The van der Waals surface area contributed by atoms with Crippen LogP contribution in [0, 0.1) is 17.3 Å². The molecule has 0 spiro atoms. The van der Waals surface area contributed by atoms with Crippen LogP contribution in [0.4, 0.5) is 0 Å². The molecule has 1 amide bonds. The topological polar surface area (TPSA) is 50.7 Å². The summed E-state index contributed by atoms with van der Waals surface area (Å²) in [5.74, 6) is 1.24. The van der Waals surface area contributed by atoms with Crippen LogP contribution in [-0.2, 0) is 11.4 Å². The highest BCUT2D eigenvalue weighted by atomic mass is 35.5. The van der Waals surface area contributed by atoms with Crippen LogP contribution in [0.1, 0.15) is 43.7 Å². The van der Waals surface area contributed by atoms with E-state index in [1.54, 1.807) is 24.4 Å². The molecule has 2 aliphatic rings. The first-order valence-corrected chi connectivity index (χ1v) is 10.7. The first-order chi connectivity index (χ1) is 14.0. The van der Waals surface area contributed by atoms with Crippen LogP contribution in [0.15, 0.2) is 47.6 Å². The first kappa shape index (κ1) is 20.2. The number of hydrogen-bond donors (Lipinski definition) is 1. The molecular formula is C23H24Cl2N2O2. The number of benzene rings is 2. The normalized spacial score (nSPS) is 25.5. The zero-order chi connectivity index (χ0) is 20.4. The lowest BCUT2D eigenvalue weighted by molar-refractivity contribution is -0.123. The first-order valence-electron chi connectivity index (χ1n) is 9.97. The van der Waals surface area contributed by atoms with E-state index in [9.17, 15) is 4.79 Å². The zero-order valence-corrected chi connectivity index (χ0v) is 17.8. The Labute approximate surface area is 181 Å². The van der Waals surface area contributed by atoms with Crippen molar-refractivity contribution in [1.82, 2.24) is 5.43 Å². The number of nitrogens with zero attached hydrogens (tertiary/aromatic N) is 1. The number of carbonyl (C=O) groups is 1. The van der Waals surface area contributed by atoms with Crippen molar-refractivity contribution in [3.63, 3.8) is 0 Å². The van der Waals surface area contributed by atoms with E-state index in [2.05, 4.69) is 17.5 Å². The monoisotopic (exact) mass is 430 g/mol. The van der Waals surface area contributed by atoms with Gasteiger partial charge in [-0.05, 0) is 60.1 Å². The van der Waals surface area contributed by atoms with E-state index in [0.717, 1.165) is 18.4 Å². The molecule has 152 valence electrons. The molecule has 6 heteroatoms. The molecule has 4 nitrogen and oxygen atoms in total. The molecule has 2 fully saturated rings. The van der Waals surface area contributed by atoms with Crippen molar-refractivity contribution in [1.29, 1.82) is 0 Å². The summed E-state index contributed by atoms with van der Waals surface area (Å²) in [5.41, 5.74) is 4.56. The second-order valence-corrected chi connectivity index (χ2v) is 9.04. The molecule has 0 bridgehead atoms. The maximum Gasteiger partial charge on any atom is 0.244 e. The van der Waals surface area contributed by atoms with Crippen molar-refractivity contribution >= 4 is 35.3 Å². The zero-order valence-electron chi connectivity index (χ0n) is 16.3. The highest BCUT2D eigenvalue weighted by molar-refractivity contribution is 6.31. The summed E-state index contributed by atoms with van der Waals surface area (Å²) in [5, 5.41) is 5.42. The van der Waals surface area contributed by atoms with Crippen molar-refractivity contribution in [2.75, 3.05) is 0 Å². The third-order valence-electron chi connectivity index (χ3n) is 6.25. The second-order valence-electron chi connectivity index (χ2n) is 8.17. The predicted octanol–water partition coefficient (Wildman–Crippen LogP) is 5.85. The molecule has 2 aromatic rings.